The molecular weight excluding hydrogens is 274 g/mol. The van der Waals surface area contributed by atoms with Gasteiger partial charge in [-0.1, -0.05) is 22.9 Å². The molecule has 0 unspecified atom stereocenters. The van der Waals surface area contributed by atoms with E-state index in [-0.39, 0.29) is 0 Å². The molecule has 0 atom stereocenters. The summed E-state index contributed by atoms with van der Waals surface area (Å²) in [5.41, 5.74) is 0. The minimum atomic E-state index is 0.764. The highest BCUT2D eigenvalue weighted by Crippen LogP contribution is 2.26. The van der Waals surface area contributed by atoms with E-state index >= 15 is 0 Å². The first kappa shape index (κ1) is 12.7. The van der Waals surface area contributed by atoms with Crippen LogP contribution in [0, 0.1) is 0 Å². The maximum absolute atomic E-state index is 5.83. The van der Waals surface area contributed by atoms with Crippen molar-refractivity contribution in [2.45, 2.75) is 17.6 Å². The summed E-state index contributed by atoms with van der Waals surface area (Å²) in [6.07, 6.45) is 0. The summed E-state index contributed by atoms with van der Waals surface area (Å²) in [6.45, 7) is 2.92. The van der Waals surface area contributed by atoms with E-state index in [0.29, 0.717) is 0 Å². The summed E-state index contributed by atoms with van der Waals surface area (Å²) < 4.78 is 0. The number of aromatic nitrogens is 2. The maximum Gasteiger partial charge on any atom is 0.205 e. The lowest BCUT2D eigenvalue weighted by Gasteiger charge is -1.98. The van der Waals surface area contributed by atoms with Gasteiger partial charge in [-0.25, -0.2) is 0 Å². The van der Waals surface area contributed by atoms with Crippen LogP contribution < -0.4 is 5.32 Å². The molecule has 90 valence electrons. The van der Waals surface area contributed by atoms with Gasteiger partial charge in [-0.2, -0.15) is 0 Å². The van der Waals surface area contributed by atoms with Gasteiger partial charge in [-0.15, -0.1) is 22.0 Å². The maximum atomic E-state index is 5.83. The zero-order valence-electron chi connectivity index (χ0n) is 9.31. The molecule has 2 rings (SSSR count). The Hall–Kier alpha value is -0.780. The number of nitrogens with zero attached hydrogens (tertiary/aromatic N) is 2. The van der Waals surface area contributed by atoms with Gasteiger partial charge < -0.3 is 5.32 Å². The second-order valence-electron chi connectivity index (χ2n) is 3.27. The Bertz CT molecular complexity index is 470. The van der Waals surface area contributed by atoms with Crippen LogP contribution in [-0.4, -0.2) is 16.7 Å². The number of benzene rings is 1. The molecule has 17 heavy (non-hydrogen) atoms. The normalized spacial score (nSPS) is 10.5. The van der Waals surface area contributed by atoms with Crippen molar-refractivity contribution in [1.82, 2.24) is 10.2 Å². The number of nitrogens with one attached hydrogen (secondary N) is 1. The van der Waals surface area contributed by atoms with Crippen molar-refractivity contribution in [3.8, 4) is 0 Å². The van der Waals surface area contributed by atoms with E-state index in [2.05, 4.69) is 15.5 Å². The fourth-order valence-corrected chi connectivity index (χ4v) is 3.03. The Morgan fingerprint density at radius 3 is 2.76 bits per heavy atom. The Labute approximate surface area is 114 Å². The van der Waals surface area contributed by atoms with Gasteiger partial charge in [0.05, 0.1) is 5.75 Å². The Morgan fingerprint density at radius 1 is 1.29 bits per heavy atom. The van der Waals surface area contributed by atoms with E-state index in [4.69, 9.17) is 11.6 Å². The lowest BCUT2D eigenvalue weighted by molar-refractivity contribution is 1.03. The molecule has 0 amide bonds. The number of hydrogen-bond acceptors (Lipinski definition) is 5. The van der Waals surface area contributed by atoms with E-state index in [1.807, 2.05) is 31.2 Å². The summed E-state index contributed by atoms with van der Waals surface area (Å²) >= 11 is 9.16. The van der Waals surface area contributed by atoms with Gasteiger partial charge in [0.1, 0.15) is 5.01 Å². The summed E-state index contributed by atoms with van der Waals surface area (Å²) in [5.74, 6) is 0.838. The SMILES string of the molecule is CCNc1nnc(CSc2ccc(Cl)cc2)s1. The Balaban J connectivity index is 1.90. The van der Waals surface area contributed by atoms with Gasteiger partial charge in [0.25, 0.3) is 0 Å². The minimum absolute atomic E-state index is 0.764. The summed E-state index contributed by atoms with van der Waals surface area (Å²) in [4.78, 5) is 1.19. The first-order chi connectivity index (χ1) is 8.28. The van der Waals surface area contributed by atoms with Crippen molar-refractivity contribution >= 4 is 39.8 Å². The molecule has 1 aromatic carbocycles. The predicted octanol–water partition coefficient (Wildman–Crippen LogP) is 3.92. The number of rotatable bonds is 5. The Morgan fingerprint density at radius 2 is 2.06 bits per heavy atom. The molecule has 0 fully saturated rings. The molecule has 0 saturated heterocycles. The van der Waals surface area contributed by atoms with Crippen molar-refractivity contribution < 1.29 is 0 Å². The lowest BCUT2D eigenvalue weighted by atomic mass is 10.4. The monoisotopic (exact) mass is 285 g/mol. The number of halogens is 1. The first-order valence-corrected chi connectivity index (χ1v) is 7.40. The van der Waals surface area contributed by atoms with Crippen molar-refractivity contribution in [1.29, 1.82) is 0 Å². The van der Waals surface area contributed by atoms with E-state index in [0.717, 1.165) is 27.5 Å². The molecule has 0 bridgehead atoms. The van der Waals surface area contributed by atoms with Crippen LogP contribution in [0.2, 0.25) is 5.02 Å². The van der Waals surface area contributed by atoms with Crippen molar-refractivity contribution in [3.05, 3.63) is 34.3 Å². The third-order valence-electron chi connectivity index (χ3n) is 1.97. The molecule has 1 N–H and O–H groups in total. The van der Waals surface area contributed by atoms with Gasteiger partial charge in [0, 0.05) is 16.5 Å². The standard InChI is InChI=1S/C11H12ClN3S2/c1-2-13-11-15-14-10(17-11)7-16-9-5-3-8(12)4-6-9/h3-6H,2,7H2,1H3,(H,13,15). The van der Waals surface area contributed by atoms with Crippen LogP contribution in [0.1, 0.15) is 11.9 Å². The van der Waals surface area contributed by atoms with E-state index in [9.17, 15) is 0 Å². The topological polar surface area (TPSA) is 37.8 Å². The number of hydrogen-bond donors (Lipinski definition) is 1. The molecule has 0 spiro atoms. The third kappa shape index (κ3) is 3.87. The highest BCUT2D eigenvalue weighted by Gasteiger charge is 2.03. The van der Waals surface area contributed by atoms with Gasteiger partial charge in [-0.05, 0) is 31.2 Å². The molecule has 0 aliphatic rings. The number of anilines is 1. The van der Waals surface area contributed by atoms with E-state index < -0.39 is 0 Å². The van der Waals surface area contributed by atoms with E-state index in [1.165, 1.54) is 4.90 Å². The zero-order chi connectivity index (χ0) is 12.1. The third-order valence-corrected chi connectivity index (χ3v) is 4.31. The molecule has 2 aromatic rings. The molecule has 0 aliphatic heterocycles. The molecule has 3 nitrogen and oxygen atoms in total. The van der Waals surface area contributed by atoms with Gasteiger partial charge in [0.2, 0.25) is 5.13 Å². The van der Waals surface area contributed by atoms with Gasteiger partial charge in [0.15, 0.2) is 0 Å². The molecule has 1 heterocycles. The van der Waals surface area contributed by atoms with E-state index in [1.54, 1.807) is 23.1 Å². The fraction of sp³-hybridized carbons (Fsp3) is 0.273. The highest BCUT2D eigenvalue weighted by atomic mass is 35.5. The van der Waals surface area contributed by atoms with Crippen LogP contribution in [0.15, 0.2) is 29.2 Å². The molecule has 0 radical (unpaired) electrons. The van der Waals surface area contributed by atoms with Crippen LogP contribution in [0.4, 0.5) is 5.13 Å². The van der Waals surface area contributed by atoms with Crippen molar-refractivity contribution in [2.75, 3.05) is 11.9 Å². The van der Waals surface area contributed by atoms with Crippen molar-refractivity contribution in [3.63, 3.8) is 0 Å². The quantitative estimate of drug-likeness (QED) is 0.845. The average molecular weight is 286 g/mol. The smallest absolute Gasteiger partial charge is 0.205 e. The first-order valence-electron chi connectivity index (χ1n) is 5.22. The molecule has 0 saturated carbocycles. The van der Waals surface area contributed by atoms with Crippen LogP contribution in [0.5, 0.6) is 0 Å². The molecule has 1 aromatic heterocycles. The molecule has 6 heteroatoms. The average Bonchev–Trinajstić information content (AvgIpc) is 2.77. The lowest BCUT2D eigenvalue weighted by Crippen LogP contribution is -1.94. The largest absolute Gasteiger partial charge is 0.360 e. The van der Waals surface area contributed by atoms with Crippen LogP contribution in [0.25, 0.3) is 0 Å². The second kappa shape index (κ2) is 6.23. The minimum Gasteiger partial charge on any atom is -0.360 e. The Kier molecular flexibility index (Phi) is 4.65. The fourth-order valence-electron chi connectivity index (χ4n) is 1.21. The zero-order valence-corrected chi connectivity index (χ0v) is 11.7. The summed E-state index contributed by atoms with van der Waals surface area (Å²) in [5, 5.41) is 14.0. The van der Waals surface area contributed by atoms with Crippen molar-refractivity contribution in [2.24, 2.45) is 0 Å². The van der Waals surface area contributed by atoms with Crippen LogP contribution >= 0.6 is 34.7 Å². The predicted molar refractivity (Wildman–Crippen MR) is 75.1 cm³/mol. The second-order valence-corrected chi connectivity index (χ2v) is 5.82. The molecule has 0 aliphatic carbocycles. The van der Waals surface area contributed by atoms with Crippen LogP contribution in [-0.2, 0) is 5.75 Å². The number of thioether (sulfide) groups is 1. The van der Waals surface area contributed by atoms with Gasteiger partial charge >= 0.3 is 0 Å². The van der Waals surface area contributed by atoms with Gasteiger partial charge in [-0.3, -0.25) is 0 Å². The van der Waals surface area contributed by atoms with Crippen LogP contribution in [0.3, 0.4) is 0 Å². The summed E-state index contributed by atoms with van der Waals surface area (Å²) in [6, 6.07) is 7.82. The highest BCUT2D eigenvalue weighted by molar-refractivity contribution is 7.98. The molecular formula is C11H12ClN3S2. The summed E-state index contributed by atoms with van der Waals surface area (Å²) in [7, 11) is 0.